The Kier molecular flexibility index (Phi) is 10.3. The number of nitrogens with one attached hydrogen (secondary N) is 1. The van der Waals surface area contributed by atoms with Gasteiger partial charge >= 0.3 is 10.2 Å². The Bertz CT molecular complexity index is 1960. The number of benzene rings is 2. The molecule has 0 spiro atoms. The van der Waals surface area contributed by atoms with E-state index >= 15 is 0 Å². The molecule has 0 radical (unpaired) electrons. The summed E-state index contributed by atoms with van der Waals surface area (Å²) in [4.78, 5) is 28.1. The van der Waals surface area contributed by atoms with Crippen molar-refractivity contribution in [2.45, 2.75) is 62.2 Å². The molecule has 3 aliphatic rings. The second-order valence-electron chi connectivity index (χ2n) is 13.8. The molecule has 2 heterocycles. The monoisotopic (exact) mass is 729 g/mol. The van der Waals surface area contributed by atoms with Crippen molar-refractivity contribution in [3.05, 3.63) is 53.6 Å². The maximum Gasteiger partial charge on any atom is 0.303 e. The number of likely N-dealkylation sites (N-methyl/N-ethyl adjacent to an activating group) is 1. The van der Waals surface area contributed by atoms with E-state index in [1.165, 1.54) is 25.4 Å². The summed E-state index contributed by atoms with van der Waals surface area (Å²) >= 11 is 0. The van der Waals surface area contributed by atoms with Gasteiger partial charge in [0.1, 0.15) is 10.5 Å². The highest BCUT2D eigenvalue weighted by molar-refractivity contribution is 7.90. The molecule has 50 heavy (non-hydrogen) atoms. The third kappa shape index (κ3) is 7.02. The first-order valence-corrected chi connectivity index (χ1v) is 20.0. The van der Waals surface area contributed by atoms with E-state index in [9.17, 15) is 26.4 Å². The molecule has 15 heteroatoms. The zero-order chi connectivity index (χ0) is 35.8. The number of morpholine rings is 1. The highest BCUT2D eigenvalue weighted by Crippen LogP contribution is 2.50. The van der Waals surface area contributed by atoms with Gasteiger partial charge in [-0.2, -0.15) is 17.0 Å². The number of methoxy groups -OCH3 is 1. The van der Waals surface area contributed by atoms with Crippen molar-refractivity contribution in [3.8, 4) is 17.0 Å². The SMILES string of the molecule is COc1ccc(-c2c(C3CCCCC3)c3ccc(C(=O)NS(=O)(=O)N(C)C)cc3n2CC2(S(=O)(=O)N(C)CC(=O)N3CCOCC3)CC2)cc1. The number of rotatable bonds is 12. The van der Waals surface area contributed by atoms with Crippen LogP contribution < -0.4 is 9.46 Å². The maximum absolute atomic E-state index is 14.4. The molecule has 1 N–H and O–H groups in total. The molecular weight excluding hydrogens is 683 g/mol. The first kappa shape index (κ1) is 36.3. The van der Waals surface area contributed by atoms with Gasteiger partial charge in [-0.1, -0.05) is 25.3 Å². The molecule has 3 aromatic rings. The van der Waals surface area contributed by atoms with Gasteiger partial charge in [0, 0.05) is 57.2 Å². The number of amides is 2. The van der Waals surface area contributed by atoms with Crippen LogP contribution in [0.25, 0.3) is 22.2 Å². The summed E-state index contributed by atoms with van der Waals surface area (Å²) in [6, 6.07) is 12.8. The highest BCUT2D eigenvalue weighted by Gasteiger charge is 2.57. The lowest BCUT2D eigenvalue weighted by Gasteiger charge is -2.30. The zero-order valence-electron chi connectivity index (χ0n) is 29.2. The summed E-state index contributed by atoms with van der Waals surface area (Å²) in [6.07, 6.45) is 6.06. The van der Waals surface area contributed by atoms with Gasteiger partial charge in [-0.15, -0.1) is 0 Å². The van der Waals surface area contributed by atoms with E-state index in [0.717, 1.165) is 58.6 Å². The van der Waals surface area contributed by atoms with Crippen LogP contribution in [0.3, 0.4) is 0 Å². The van der Waals surface area contributed by atoms with Crippen molar-refractivity contribution in [3.63, 3.8) is 0 Å². The minimum atomic E-state index is -4.05. The van der Waals surface area contributed by atoms with Crippen molar-refractivity contribution in [2.24, 2.45) is 0 Å². The minimum absolute atomic E-state index is 0.0943. The van der Waals surface area contributed by atoms with Crippen molar-refractivity contribution < 1.29 is 35.9 Å². The zero-order valence-corrected chi connectivity index (χ0v) is 30.8. The fraction of sp³-hybridized carbons (Fsp3) is 0.543. The molecule has 13 nitrogen and oxygen atoms in total. The van der Waals surface area contributed by atoms with Crippen LogP contribution in [0.5, 0.6) is 5.75 Å². The Morgan fingerprint density at radius 1 is 0.960 bits per heavy atom. The van der Waals surface area contributed by atoms with Crippen LogP contribution in [0, 0.1) is 0 Å². The average Bonchev–Trinajstić information content (AvgIpc) is 3.85. The summed E-state index contributed by atoms with van der Waals surface area (Å²) < 4.78 is 69.8. The second-order valence-corrected chi connectivity index (χ2v) is 18.1. The molecule has 2 aromatic carbocycles. The number of aromatic nitrogens is 1. The van der Waals surface area contributed by atoms with Gasteiger partial charge in [0.25, 0.3) is 5.91 Å². The van der Waals surface area contributed by atoms with Gasteiger partial charge in [0.15, 0.2) is 0 Å². The number of nitrogens with zero attached hydrogens (tertiary/aromatic N) is 4. The molecule has 1 saturated heterocycles. The van der Waals surface area contributed by atoms with Gasteiger partial charge in [-0.3, -0.25) is 9.59 Å². The van der Waals surface area contributed by atoms with Crippen LogP contribution in [-0.2, 0) is 36.3 Å². The van der Waals surface area contributed by atoms with Gasteiger partial charge in [-0.05, 0) is 79.1 Å². The van der Waals surface area contributed by atoms with Crippen LogP contribution in [-0.4, -0.2) is 113 Å². The number of carbonyl (C=O) groups is 2. The summed E-state index contributed by atoms with van der Waals surface area (Å²) in [5.74, 6) is -0.152. The molecule has 6 rings (SSSR count). The molecular formula is C35H47N5O8S2. The molecule has 2 saturated carbocycles. The Morgan fingerprint density at radius 3 is 2.22 bits per heavy atom. The van der Waals surface area contributed by atoms with Gasteiger partial charge in [-0.25, -0.2) is 13.1 Å². The van der Waals surface area contributed by atoms with Crippen molar-refractivity contribution in [1.29, 1.82) is 0 Å². The number of ether oxygens (including phenoxy) is 2. The molecule has 2 aliphatic carbocycles. The first-order valence-electron chi connectivity index (χ1n) is 17.1. The van der Waals surface area contributed by atoms with E-state index in [1.54, 1.807) is 24.1 Å². The summed E-state index contributed by atoms with van der Waals surface area (Å²) in [5.41, 5.74) is 3.65. The number of hydrogen-bond donors (Lipinski definition) is 1. The highest BCUT2D eigenvalue weighted by atomic mass is 32.2. The lowest BCUT2D eigenvalue weighted by molar-refractivity contribution is -0.135. The predicted molar refractivity (Wildman–Crippen MR) is 191 cm³/mol. The Labute approximate surface area is 294 Å². The van der Waals surface area contributed by atoms with Crippen LogP contribution in [0.2, 0.25) is 0 Å². The largest absolute Gasteiger partial charge is 0.497 e. The smallest absolute Gasteiger partial charge is 0.303 e. The van der Waals surface area contributed by atoms with Crippen LogP contribution in [0.1, 0.15) is 66.8 Å². The Hall–Kier alpha value is -3.50. The van der Waals surface area contributed by atoms with Crippen LogP contribution in [0.15, 0.2) is 42.5 Å². The van der Waals surface area contributed by atoms with Gasteiger partial charge in [0.2, 0.25) is 15.9 Å². The topological polar surface area (TPSA) is 148 Å². The fourth-order valence-electron chi connectivity index (χ4n) is 7.26. The van der Waals surface area contributed by atoms with Crippen molar-refractivity contribution in [1.82, 2.24) is 22.8 Å². The molecule has 1 aliphatic heterocycles. The number of fused-ring (bicyclic) bond motifs is 1. The number of sulfonamides is 1. The van der Waals surface area contributed by atoms with E-state index in [-0.39, 0.29) is 30.5 Å². The second kappa shape index (κ2) is 14.3. The van der Waals surface area contributed by atoms with E-state index in [0.29, 0.717) is 50.4 Å². The molecule has 0 unspecified atom stereocenters. The Morgan fingerprint density at radius 2 is 1.62 bits per heavy atom. The molecule has 0 bridgehead atoms. The predicted octanol–water partition coefficient (Wildman–Crippen LogP) is 3.55. The molecule has 0 atom stereocenters. The van der Waals surface area contributed by atoms with E-state index in [1.807, 2.05) is 34.9 Å². The minimum Gasteiger partial charge on any atom is -0.497 e. The summed E-state index contributed by atoms with van der Waals surface area (Å²) in [5, 5.41) is 0.902. The third-order valence-corrected chi connectivity index (χ3v) is 14.4. The third-order valence-electron chi connectivity index (χ3n) is 10.4. The summed E-state index contributed by atoms with van der Waals surface area (Å²) in [7, 11) is -2.28. The van der Waals surface area contributed by atoms with Crippen LogP contribution in [0.4, 0.5) is 0 Å². The van der Waals surface area contributed by atoms with E-state index in [2.05, 4.69) is 4.72 Å². The van der Waals surface area contributed by atoms with Crippen LogP contribution >= 0.6 is 0 Å². The maximum atomic E-state index is 14.4. The lowest BCUT2D eigenvalue weighted by Crippen LogP contribution is -2.48. The van der Waals surface area contributed by atoms with E-state index < -0.39 is 30.9 Å². The summed E-state index contributed by atoms with van der Waals surface area (Å²) in [6.45, 7) is 1.52. The van der Waals surface area contributed by atoms with Gasteiger partial charge in [0.05, 0.1) is 32.6 Å². The quantitative estimate of drug-likeness (QED) is 0.298. The fourth-order valence-corrected chi connectivity index (χ4v) is 9.64. The molecule has 272 valence electrons. The Balaban J connectivity index is 1.47. The average molecular weight is 730 g/mol. The molecule has 2 amide bonds. The number of hydrogen-bond acceptors (Lipinski definition) is 8. The van der Waals surface area contributed by atoms with Gasteiger partial charge < -0.3 is 18.9 Å². The normalized spacial score (nSPS) is 18.5. The standard InChI is InChI=1S/C35H47N5O8S2/c1-37(2)50(45,46)36-34(42)27-12-15-29-30(22-27)40(33(26-10-13-28(47-4)14-11-26)32(29)25-8-6-5-7-9-25)24-35(16-17-35)49(43,44)38(3)23-31(41)39-18-20-48-21-19-39/h10-15,22,25H,5-9,16-21,23-24H2,1-4H3,(H,36,42). The van der Waals surface area contributed by atoms with Crippen molar-refractivity contribution >= 4 is 42.9 Å². The molecule has 3 fully saturated rings. The van der Waals surface area contributed by atoms with Crippen molar-refractivity contribution in [2.75, 3.05) is 61.1 Å². The lowest BCUT2D eigenvalue weighted by atomic mass is 9.81. The van der Waals surface area contributed by atoms with E-state index in [4.69, 9.17) is 9.47 Å². The number of carbonyl (C=O) groups excluding carboxylic acids is 2. The molecule has 1 aromatic heterocycles. The first-order chi connectivity index (χ1) is 23.8.